The molecule has 3 N–H and O–H groups in total. The third kappa shape index (κ3) is 3.52. The van der Waals surface area contributed by atoms with Crippen LogP contribution in [0.25, 0.3) is 0 Å². The number of nitrogens with two attached hydrogens (primary N) is 1. The van der Waals surface area contributed by atoms with Gasteiger partial charge in [-0.15, -0.1) is 6.58 Å². The lowest BCUT2D eigenvalue weighted by Gasteiger charge is -2.14. The van der Waals surface area contributed by atoms with E-state index >= 15 is 0 Å². The molecule has 0 heterocycles. The zero-order chi connectivity index (χ0) is 12.8. The zero-order valence-electron chi connectivity index (χ0n) is 10.2. The number of hydrogen-bond donors (Lipinski definition) is 2. The predicted octanol–water partition coefficient (Wildman–Crippen LogP) is 1.97. The van der Waals surface area contributed by atoms with Gasteiger partial charge in [0.2, 0.25) is 0 Å². The van der Waals surface area contributed by atoms with E-state index in [9.17, 15) is 4.79 Å². The lowest BCUT2D eigenvalue weighted by Crippen LogP contribution is -2.32. The minimum absolute atomic E-state index is 0.0335. The van der Waals surface area contributed by atoms with E-state index in [4.69, 9.17) is 10.5 Å². The highest BCUT2D eigenvalue weighted by molar-refractivity contribution is 5.98. The Morgan fingerprint density at radius 1 is 1.65 bits per heavy atom. The van der Waals surface area contributed by atoms with Gasteiger partial charge in [0.15, 0.2) is 0 Å². The van der Waals surface area contributed by atoms with Gasteiger partial charge in [0, 0.05) is 11.7 Å². The van der Waals surface area contributed by atoms with Crippen LogP contribution in [0.5, 0.6) is 5.75 Å². The molecular formula is C13H18N2O2. The largest absolute Gasteiger partial charge is 0.496 e. The van der Waals surface area contributed by atoms with Crippen LogP contribution in [-0.4, -0.2) is 19.1 Å². The average Bonchev–Trinajstić information content (AvgIpc) is 2.29. The second kappa shape index (κ2) is 5.94. The van der Waals surface area contributed by atoms with E-state index in [1.54, 1.807) is 24.3 Å². The summed E-state index contributed by atoms with van der Waals surface area (Å²) in [5.41, 5.74) is 6.64. The first-order valence-corrected chi connectivity index (χ1v) is 5.43. The molecule has 0 saturated heterocycles. The van der Waals surface area contributed by atoms with E-state index in [2.05, 4.69) is 11.9 Å². The minimum Gasteiger partial charge on any atom is -0.496 e. The van der Waals surface area contributed by atoms with Crippen LogP contribution in [0.2, 0.25) is 0 Å². The molecule has 4 heteroatoms. The van der Waals surface area contributed by atoms with Crippen molar-refractivity contribution in [2.75, 3.05) is 12.8 Å². The van der Waals surface area contributed by atoms with Gasteiger partial charge in [-0.25, -0.2) is 0 Å². The molecule has 1 unspecified atom stereocenters. The van der Waals surface area contributed by atoms with Gasteiger partial charge in [-0.1, -0.05) is 6.08 Å². The number of amides is 1. The molecule has 1 aromatic carbocycles. The number of ether oxygens (including phenoxy) is 1. The second-order valence-corrected chi connectivity index (χ2v) is 3.86. The molecule has 17 heavy (non-hydrogen) atoms. The van der Waals surface area contributed by atoms with E-state index in [-0.39, 0.29) is 11.9 Å². The Morgan fingerprint density at radius 2 is 2.35 bits per heavy atom. The number of hydrogen-bond acceptors (Lipinski definition) is 3. The summed E-state index contributed by atoms with van der Waals surface area (Å²) >= 11 is 0. The molecule has 0 spiro atoms. The summed E-state index contributed by atoms with van der Waals surface area (Å²) in [4.78, 5) is 12.0. The van der Waals surface area contributed by atoms with Crippen molar-refractivity contribution in [1.29, 1.82) is 0 Å². The third-order valence-electron chi connectivity index (χ3n) is 2.37. The molecule has 4 nitrogen and oxygen atoms in total. The van der Waals surface area contributed by atoms with Crippen LogP contribution >= 0.6 is 0 Å². The molecule has 0 aliphatic rings. The van der Waals surface area contributed by atoms with Crippen molar-refractivity contribution < 1.29 is 9.53 Å². The Balaban J connectivity index is 2.87. The fourth-order valence-corrected chi connectivity index (χ4v) is 1.51. The van der Waals surface area contributed by atoms with Gasteiger partial charge in [0.05, 0.1) is 12.7 Å². The Kier molecular flexibility index (Phi) is 4.57. The van der Waals surface area contributed by atoms with Crippen LogP contribution in [0.3, 0.4) is 0 Å². The molecule has 0 aromatic heterocycles. The molecule has 92 valence electrons. The Labute approximate surface area is 101 Å². The summed E-state index contributed by atoms with van der Waals surface area (Å²) in [5.74, 6) is 0.325. The highest BCUT2D eigenvalue weighted by Gasteiger charge is 2.14. The predicted molar refractivity (Wildman–Crippen MR) is 69.1 cm³/mol. The molecular weight excluding hydrogens is 216 g/mol. The number of carbonyl (C=O) groups excluding carboxylic acids is 1. The number of methoxy groups -OCH3 is 1. The van der Waals surface area contributed by atoms with E-state index < -0.39 is 0 Å². The van der Waals surface area contributed by atoms with Gasteiger partial charge in [-0.05, 0) is 31.5 Å². The Hall–Kier alpha value is -1.97. The van der Waals surface area contributed by atoms with Crippen molar-refractivity contribution in [1.82, 2.24) is 5.32 Å². The quantitative estimate of drug-likeness (QED) is 0.604. The Bertz CT molecular complexity index is 416. The van der Waals surface area contributed by atoms with Crippen molar-refractivity contribution in [3.05, 3.63) is 36.4 Å². The summed E-state index contributed by atoms with van der Waals surface area (Å²) in [7, 11) is 1.52. The summed E-state index contributed by atoms with van der Waals surface area (Å²) in [6.45, 7) is 5.55. The number of nitrogens with one attached hydrogen (secondary N) is 1. The zero-order valence-corrected chi connectivity index (χ0v) is 10.2. The fourth-order valence-electron chi connectivity index (χ4n) is 1.51. The van der Waals surface area contributed by atoms with Crippen LogP contribution in [-0.2, 0) is 0 Å². The number of nitrogen functional groups attached to an aromatic ring is 1. The van der Waals surface area contributed by atoms with Gasteiger partial charge in [0.25, 0.3) is 5.91 Å². The summed E-state index contributed by atoms with van der Waals surface area (Å²) < 4.78 is 5.13. The standard InChI is InChI=1S/C13H18N2O2/c1-4-5-9(2)15-13(16)11-8-10(14)6-7-12(11)17-3/h4,6-9H,1,5,14H2,2-3H3,(H,15,16). The van der Waals surface area contributed by atoms with Crippen molar-refractivity contribution in [2.45, 2.75) is 19.4 Å². The molecule has 0 saturated carbocycles. The van der Waals surface area contributed by atoms with Crippen LogP contribution in [0.4, 0.5) is 5.69 Å². The van der Waals surface area contributed by atoms with E-state index in [0.717, 1.165) is 6.42 Å². The normalized spacial score (nSPS) is 11.6. The van der Waals surface area contributed by atoms with Gasteiger partial charge in [-0.3, -0.25) is 4.79 Å². The molecule has 0 aliphatic carbocycles. The van der Waals surface area contributed by atoms with Crippen molar-refractivity contribution in [3.8, 4) is 5.75 Å². The van der Waals surface area contributed by atoms with Crippen molar-refractivity contribution >= 4 is 11.6 Å². The molecule has 1 amide bonds. The van der Waals surface area contributed by atoms with E-state index in [1.165, 1.54) is 7.11 Å². The van der Waals surface area contributed by atoms with Gasteiger partial charge >= 0.3 is 0 Å². The minimum atomic E-state index is -0.191. The number of carbonyl (C=O) groups is 1. The van der Waals surface area contributed by atoms with Crippen molar-refractivity contribution in [3.63, 3.8) is 0 Å². The maximum absolute atomic E-state index is 12.0. The second-order valence-electron chi connectivity index (χ2n) is 3.86. The first kappa shape index (κ1) is 13.1. The first-order chi connectivity index (χ1) is 8.08. The summed E-state index contributed by atoms with van der Waals surface area (Å²) in [6, 6.07) is 5.02. The molecule has 0 bridgehead atoms. The van der Waals surface area contributed by atoms with E-state index in [0.29, 0.717) is 17.0 Å². The van der Waals surface area contributed by atoms with Gasteiger partial charge in [-0.2, -0.15) is 0 Å². The molecule has 0 radical (unpaired) electrons. The molecule has 1 rings (SSSR count). The van der Waals surface area contributed by atoms with Crippen LogP contribution in [0.15, 0.2) is 30.9 Å². The highest BCUT2D eigenvalue weighted by Crippen LogP contribution is 2.21. The van der Waals surface area contributed by atoms with Crippen LogP contribution in [0, 0.1) is 0 Å². The maximum atomic E-state index is 12.0. The monoisotopic (exact) mass is 234 g/mol. The maximum Gasteiger partial charge on any atom is 0.255 e. The lowest BCUT2D eigenvalue weighted by atomic mass is 10.1. The van der Waals surface area contributed by atoms with Crippen LogP contribution in [0.1, 0.15) is 23.7 Å². The Morgan fingerprint density at radius 3 is 2.94 bits per heavy atom. The number of anilines is 1. The topological polar surface area (TPSA) is 64.4 Å². The molecule has 0 fully saturated rings. The smallest absolute Gasteiger partial charge is 0.255 e. The van der Waals surface area contributed by atoms with E-state index in [1.807, 2.05) is 6.92 Å². The first-order valence-electron chi connectivity index (χ1n) is 5.43. The highest BCUT2D eigenvalue weighted by atomic mass is 16.5. The van der Waals surface area contributed by atoms with Gasteiger partial charge in [0.1, 0.15) is 5.75 Å². The van der Waals surface area contributed by atoms with Gasteiger partial charge < -0.3 is 15.8 Å². The summed E-state index contributed by atoms with van der Waals surface area (Å²) in [6.07, 6.45) is 2.48. The number of rotatable bonds is 5. The SMILES string of the molecule is C=CCC(C)NC(=O)c1cc(N)ccc1OC. The molecule has 1 atom stereocenters. The van der Waals surface area contributed by atoms with Crippen LogP contribution < -0.4 is 15.8 Å². The molecule has 1 aromatic rings. The number of benzene rings is 1. The lowest BCUT2D eigenvalue weighted by molar-refractivity contribution is 0.0937. The average molecular weight is 234 g/mol. The van der Waals surface area contributed by atoms with Crippen molar-refractivity contribution in [2.24, 2.45) is 0 Å². The third-order valence-corrected chi connectivity index (χ3v) is 2.37. The fraction of sp³-hybridized carbons (Fsp3) is 0.308. The summed E-state index contributed by atoms with van der Waals surface area (Å²) in [5, 5.41) is 2.85. The molecule has 0 aliphatic heterocycles.